The van der Waals surface area contributed by atoms with Crippen molar-refractivity contribution in [2.24, 2.45) is 0 Å². The Morgan fingerprint density at radius 2 is 1.53 bits per heavy atom. The average molecular weight is 212 g/mol. The molecule has 0 amide bonds. The summed E-state index contributed by atoms with van der Waals surface area (Å²) in [5.41, 5.74) is 0.951. The highest BCUT2D eigenvalue weighted by atomic mass is 16.5. The third-order valence-corrected chi connectivity index (χ3v) is 2.12. The minimum absolute atomic E-state index is 0.0959. The predicted octanol–water partition coefficient (Wildman–Crippen LogP) is 1.25. The van der Waals surface area contributed by atoms with Crippen molar-refractivity contribution < 1.29 is 19.3 Å². The molecule has 15 heavy (non-hydrogen) atoms. The van der Waals surface area contributed by atoms with Crippen molar-refractivity contribution in [1.82, 2.24) is 0 Å². The number of aliphatic hydroxyl groups excluding tert-OH is 1. The van der Waals surface area contributed by atoms with E-state index in [1.807, 2.05) is 12.1 Å². The Bertz CT molecular complexity index is 297. The minimum atomic E-state index is 0.0959. The summed E-state index contributed by atoms with van der Waals surface area (Å²) in [4.78, 5) is 0. The molecule has 0 fully saturated rings. The van der Waals surface area contributed by atoms with Crippen LogP contribution in [0.3, 0.4) is 0 Å². The summed E-state index contributed by atoms with van der Waals surface area (Å²) in [7, 11) is 4.70. The summed E-state index contributed by atoms with van der Waals surface area (Å²) in [5.74, 6) is 1.79. The molecule has 0 saturated carbocycles. The van der Waals surface area contributed by atoms with Crippen molar-refractivity contribution in [3.63, 3.8) is 0 Å². The van der Waals surface area contributed by atoms with Gasteiger partial charge in [0.05, 0.1) is 21.3 Å². The number of benzene rings is 1. The lowest BCUT2D eigenvalue weighted by Crippen LogP contribution is -1.98. The lowest BCUT2D eigenvalue weighted by atomic mass is 10.1. The van der Waals surface area contributed by atoms with Crippen LogP contribution < -0.4 is 14.2 Å². The van der Waals surface area contributed by atoms with Crippen LogP contribution in [0.1, 0.15) is 5.56 Å². The highest BCUT2D eigenvalue weighted by molar-refractivity contribution is 5.53. The van der Waals surface area contributed by atoms with Crippen molar-refractivity contribution in [3.8, 4) is 17.2 Å². The molecule has 0 heterocycles. The molecule has 0 radical (unpaired) electrons. The molecule has 0 aliphatic rings. The van der Waals surface area contributed by atoms with Gasteiger partial charge in [0.15, 0.2) is 11.5 Å². The second-order valence-corrected chi connectivity index (χ2v) is 3.01. The number of aliphatic hydroxyl groups is 1. The van der Waals surface area contributed by atoms with E-state index in [2.05, 4.69) is 0 Å². The van der Waals surface area contributed by atoms with Crippen molar-refractivity contribution in [2.75, 3.05) is 27.9 Å². The van der Waals surface area contributed by atoms with Crippen LogP contribution in [0.15, 0.2) is 12.1 Å². The molecule has 0 bridgehead atoms. The molecular weight excluding hydrogens is 196 g/mol. The molecule has 0 aromatic heterocycles. The van der Waals surface area contributed by atoms with Crippen LogP contribution in [-0.2, 0) is 6.42 Å². The van der Waals surface area contributed by atoms with Gasteiger partial charge in [-0.1, -0.05) is 0 Å². The quantitative estimate of drug-likeness (QED) is 0.798. The SMILES string of the molecule is COc1cc(CCO)cc(OC)c1OC. The largest absolute Gasteiger partial charge is 0.493 e. The predicted molar refractivity (Wildman–Crippen MR) is 56.9 cm³/mol. The molecule has 1 N–H and O–H groups in total. The van der Waals surface area contributed by atoms with Gasteiger partial charge in [-0.05, 0) is 24.1 Å². The molecule has 0 aliphatic carbocycles. The van der Waals surface area contributed by atoms with Crippen molar-refractivity contribution in [2.45, 2.75) is 6.42 Å². The van der Waals surface area contributed by atoms with Gasteiger partial charge in [0.2, 0.25) is 5.75 Å². The fraction of sp³-hybridized carbons (Fsp3) is 0.455. The van der Waals surface area contributed by atoms with Gasteiger partial charge in [-0.2, -0.15) is 0 Å². The fourth-order valence-electron chi connectivity index (χ4n) is 1.41. The zero-order chi connectivity index (χ0) is 11.3. The van der Waals surface area contributed by atoms with Crippen LogP contribution >= 0.6 is 0 Å². The molecule has 0 aliphatic heterocycles. The maximum absolute atomic E-state index is 8.86. The van der Waals surface area contributed by atoms with E-state index < -0.39 is 0 Å². The maximum Gasteiger partial charge on any atom is 0.203 e. The zero-order valence-electron chi connectivity index (χ0n) is 9.24. The third-order valence-electron chi connectivity index (χ3n) is 2.12. The second-order valence-electron chi connectivity index (χ2n) is 3.01. The van der Waals surface area contributed by atoms with Crippen LogP contribution in [0.2, 0.25) is 0 Å². The van der Waals surface area contributed by atoms with E-state index in [-0.39, 0.29) is 6.61 Å². The van der Waals surface area contributed by atoms with Crippen LogP contribution in [-0.4, -0.2) is 33.0 Å². The van der Waals surface area contributed by atoms with Crippen molar-refractivity contribution in [3.05, 3.63) is 17.7 Å². The van der Waals surface area contributed by atoms with E-state index in [0.29, 0.717) is 23.7 Å². The Morgan fingerprint density at radius 3 is 1.87 bits per heavy atom. The lowest BCUT2D eigenvalue weighted by Gasteiger charge is -2.13. The Hall–Kier alpha value is -1.42. The number of hydrogen-bond donors (Lipinski definition) is 1. The third kappa shape index (κ3) is 2.53. The normalized spacial score (nSPS) is 9.87. The molecule has 0 unspecified atom stereocenters. The van der Waals surface area contributed by atoms with Crippen LogP contribution in [0.25, 0.3) is 0 Å². The maximum atomic E-state index is 8.86. The van der Waals surface area contributed by atoms with E-state index in [4.69, 9.17) is 19.3 Å². The van der Waals surface area contributed by atoms with Gasteiger partial charge in [-0.3, -0.25) is 0 Å². The molecule has 4 nitrogen and oxygen atoms in total. The topological polar surface area (TPSA) is 47.9 Å². The number of ether oxygens (including phenoxy) is 3. The first-order valence-electron chi connectivity index (χ1n) is 4.66. The number of methoxy groups -OCH3 is 3. The van der Waals surface area contributed by atoms with Gasteiger partial charge < -0.3 is 19.3 Å². The summed E-state index contributed by atoms with van der Waals surface area (Å²) < 4.78 is 15.5. The molecule has 4 heteroatoms. The first kappa shape index (κ1) is 11.7. The summed E-state index contributed by atoms with van der Waals surface area (Å²) in [5, 5.41) is 8.86. The van der Waals surface area contributed by atoms with E-state index in [1.54, 1.807) is 21.3 Å². The van der Waals surface area contributed by atoms with Crippen LogP contribution in [0.5, 0.6) is 17.2 Å². The van der Waals surface area contributed by atoms with E-state index in [9.17, 15) is 0 Å². The van der Waals surface area contributed by atoms with Gasteiger partial charge >= 0.3 is 0 Å². The Kier molecular flexibility index (Phi) is 4.24. The molecule has 1 aromatic rings. The van der Waals surface area contributed by atoms with E-state index in [0.717, 1.165) is 5.56 Å². The average Bonchev–Trinajstić information content (AvgIpc) is 2.28. The van der Waals surface area contributed by atoms with Gasteiger partial charge in [0.1, 0.15) is 0 Å². The first-order valence-corrected chi connectivity index (χ1v) is 4.66. The number of rotatable bonds is 5. The highest BCUT2D eigenvalue weighted by Gasteiger charge is 2.12. The second kappa shape index (κ2) is 5.46. The van der Waals surface area contributed by atoms with Gasteiger partial charge in [0.25, 0.3) is 0 Å². The first-order chi connectivity index (χ1) is 7.26. The summed E-state index contributed by atoms with van der Waals surface area (Å²) >= 11 is 0. The Morgan fingerprint density at radius 1 is 1.00 bits per heavy atom. The molecule has 0 saturated heterocycles. The fourth-order valence-corrected chi connectivity index (χ4v) is 1.41. The Labute approximate surface area is 89.4 Å². The molecule has 84 valence electrons. The Balaban J connectivity index is 3.16. The summed E-state index contributed by atoms with van der Waals surface area (Å²) in [6, 6.07) is 3.66. The highest BCUT2D eigenvalue weighted by Crippen LogP contribution is 2.38. The zero-order valence-corrected chi connectivity index (χ0v) is 9.24. The standard InChI is InChI=1S/C11H16O4/c1-13-9-6-8(4-5-12)7-10(14-2)11(9)15-3/h6-7,12H,4-5H2,1-3H3. The monoisotopic (exact) mass is 212 g/mol. The van der Waals surface area contributed by atoms with Gasteiger partial charge in [-0.15, -0.1) is 0 Å². The van der Waals surface area contributed by atoms with E-state index in [1.165, 1.54) is 0 Å². The summed E-state index contributed by atoms with van der Waals surface area (Å²) in [6.07, 6.45) is 0.566. The summed E-state index contributed by atoms with van der Waals surface area (Å²) in [6.45, 7) is 0.0959. The smallest absolute Gasteiger partial charge is 0.203 e. The molecule has 0 spiro atoms. The van der Waals surface area contributed by atoms with Crippen LogP contribution in [0.4, 0.5) is 0 Å². The lowest BCUT2D eigenvalue weighted by molar-refractivity contribution is 0.297. The van der Waals surface area contributed by atoms with Gasteiger partial charge in [-0.25, -0.2) is 0 Å². The minimum Gasteiger partial charge on any atom is -0.493 e. The molecular formula is C11H16O4. The van der Waals surface area contributed by atoms with Crippen LogP contribution in [0, 0.1) is 0 Å². The molecule has 1 rings (SSSR count). The molecule has 1 aromatic carbocycles. The van der Waals surface area contributed by atoms with Crippen molar-refractivity contribution in [1.29, 1.82) is 0 Å². The van der Waals surface area contributed by atoms with Crippen molar-refractivity contribution >= 4 is 0 Å². The molecule has 0 atom stereocenters. The number of hydrogen-bond acceptors (Lipinski definition) is 4. The van der Waals surface area contributed by atoms with Gasteiger partial charge in [0, 0.05) is 6.61 Å². The van der Waals surface area contributed by atoms with E-state index >= 15 is 0 Å².